The van der Waals surface area contributed by atoms with Crippen molar-refractivity contribution in [1.82, 2.24) is 4.90 Å². The molecule has 0 aromatic heterocycles. The van der Waals surface area contributed by atoms with Crippen molar-refractivity contribution in [2.24, 2.45) is 9.98 Å². The van der Waals surface area contributed by atoms with E-state index in [1.165, 1.54) is 0 Å². The molecule has 1 unspecified atom stereocenters. The molecule has 1 atom stereocenters. The van der Waals surface area contributed by atoms with Gasteiger partial charge in [0.15, 0.2) is 5.54 Å². The molecule has 0 bridgehead atoms. The molecule has 0 fully saturated rings. The number of ether oxygens (including phenoxy) is 1. The Bertz CT molecular complexity index is 1000. The zero-order chi connectivity index (χ0) is 20.4. The summed E-state index contributed by atoms with van der Waals surface area (Å²) in [7, 11) is 0. The van der Waals surface area contributed by atoms with E-state index >= 15 is 0 Å². The molecule has 2 aliphatic heterocycles. The number of hydrogen-bond acceptors (Lipinski definition) is 6. The smallest absolute Gasteiger partial charge is 0.343 e. The number of aliphatic hydroxyl groups is 1. The summed E-state index contributed by atoms with van der Waals surface area (Å²) in [5.41, 5.74) is -0.0783. The Morgan fingerprint density at radius 3 is 2.86 bits per heavy atom. The van der Waals surface area contributed by atoms with E-state index in [0.29, 0.717) is 18.8 Å². The number of amidine groups is 1. The third kappa shape index (κ3) is 3.08. The molecule has 7 nitrogen and oxygen atoms in total. The number of amides is 1. The zero-order valence-electron chi connectivity index (χ0n) is 16.0. The highest BCUT2D eigenvalue weighted by Crippen LogP contribution is 2.42. The van der Waals surface area contributed by atoms with Gasteiger partial charge in [-0.05, 0) is 31.1 Å². The molecule has 2 heterocycles. The quantitative estimate of drug-likeness (QED) is 0.779. The molecule has 4 rings (SSSR count). The molecule has 0 radical (unpaired) electrons. The van der Waals surface area contributed by atoms with E-state index in [-0.39, 0.29) is 30.1 Å². The first kappa shape index (κ1) is 18.9. The van der Waals surface area contributed by atoms with Gasteiger partial charge in [-0.2, -0.15) is 4.99 Å². The number of aliphatic imine (C=N–C) groups is 2. The van der Waals surface area contributed by atoms with Crippen LogP contribution in [0.3, 0.4) is 0 Å². The van der Waals surface area contributed by atoms with Crippen molar-refractivity contribution in [3.8, 4) is 0 Å². The number of fused-ring (bicyclic) bond motifs is 2. The summed E-state index contributed by atoms with van der Waals surface area (Å²) in [5, 5.41) is 10.6. The van der Waals surface area contributed by atoms with Crippen LogP contribution in [0.2, 0.25) is 0 Å². The average molecular weight is 391 g/mol. The highest BCUT2D eigenvalue weighted by atomic mass is 16.5. The van der Waals surface area contributed by atoms with Crippen LogP contribution in [0.5, 0.6) is 0 Å². The Kier molecular flexibility index (Phi) is 4.88. The van der Waals surface area contributed by atoms with Gasteiger partial charge in [0.2, 0.25) is 0 Å². The van der Waals surface area contributed by atoms with Crippen molar-refractivity contribution in [3.05, 3.63) is 71.7 Å². The summed E-state index contributed by atoms with van der Waals surface area (Å²) in [4.78, 5) is 36.0. The van der Waals surface area contributed by atoms with Gasteiger partial charge in [0.25, 0.3) is 5.91 Å². The monoisotopic (exact) mass is 391 g/mol. The van der Waals surface area contributed by atoms with Gasteiger partial charge in [0.05, 0.1) is 12.3 Å². The molecule has 3 aliphatic rings. The van der Waals surface area contributed by atoms with Gasteiger partial charge in [-0.1, -0.05) is 36.4 Å². The fourth-order valence-corrected chi connectivity index (χ4v) is 3.85. The maximum Gasteiger partial charge on any atom is 0.343 e. The van der Waals surface area contributed by atoms with Crippen LogP contribution in [-0.4, -0.2) is 52.1 Å². The lowest BCUT2D eigenvalue weighted by Crippen LogP contribution is -2.54. The number of benzene rings is 1. The van der Waals surface area contributed by atoms with Gasteiger partial charge in [-0.3, -0.25) is 9.79 Å². The van der Waals surface area contributed by atoms with Crippen LogP contribution in [0.15, 0.2) is 76.1 Å². The van der Waals surface area contributed by atoms with Crippen LogP contribution in [0.4, 0.5) is 0 Å². The Morgan fingerprint density at radius 2 is 2.10 bits per heavy atom. The van der Waals surface area contributed by atoms with Crippen molar-refractivity contribution in [1.29, 1.82) is 0 Å². The summed E-state index contributed by atoms with van der Waals surface area (Å²) in [6, 6.07) is 9.81. The minimum Gasteiger partial charge on any atom is -0.511 e. The third-order valence-corrected chi connectivity index (χ3v) is 5.15. The van der Waals surface area contributed by atoms with E-state index in [1.807, 2.05) is 30.3 Å². The first-order chi connectivity index (χ1) is 14.1. The predicted molar refractivity (Wildman–Crippen MR) is 109 cm³/mol. The molecule has 0 saturated carbocycles. The number of nitrogens with zero attached hydrogens (tertiary/aromatic N) is 3. The Hall–Kier alpha value is -3.48. The van der Waals surface area contributed by atoms with Crippen molar-refractivity contribution in [2.75, 3.05) is 13.2 Å². The van der Waals surface area contributed by atoms with E-state index in [4.69, 9.17) is 4.74 Å². The van der Waals surface area contributed by atoms with E-state index in [0.717, 1.165) is 5.56 Å². The molecule has 1 aliphatic carbocycles. The second kappa shape index (κ2) is 7.50. The average Bonchev–Trinajstić information content (AvgIpc) is 3.17. The Morgan fingerprint density at radius 1 is 1.31 bits per heavy atom. The highest BCUT2D eigenvalue weighted by Gasteiger charge is 2.60. The fraction of sp³-hybridized carbons (Fsp3) is 0.273. The van der Waals surface area contributed by atoms with Crippen LogP contribution in [-0.2, 0) is 20.7 Å². The van der Waals surface area contributed by atoms with E-state index in [1.54, 1.807) is 36.3 Å². The van der Waals surface area contributed by atoms with Gasteiger partial charge in [0.1, 0.15) is 17.2 Å². The number of esters is 1. The summed E-state index contributed by atoms with van der Waals surface area (Å²) >= 11 is 0. The molecule has 148 valence electrons. The molecule has 1 aromatic carbocycles. The molecular formula is C22H21N3O4. The van der Waals surface area contributed by atoms with Crippen LogP contribution in [0.1, 0.15) is 18.9 Å². The number of carbonyl (C=O) groups excluding carboxylic acids is 2. The van der Waals surface area contributed by atoms with Gasteiger partial charge in [-0.15, -0.1) is 0 Å². The SMILES string of the molecule is CCOC(=O)C1=C(O)CC2(C(=O)N=C3C=CC=CN32)C1=NCCc1ccccc1. The van der Waals surface area contributed by atoms with Crippen LogP contribution < -0.4 is 0 Å². The van der Waals surface area contributed by atoms with Crippen molar-refractivity contribution in [2.45, 2.75) is 25.3 Å². The molecule has 7 heteroatoms. The van der Waals surface area contributed by atoms with Crippen molar-refractivity contribution < 1.29 is 19.4 Å². The van der Waals surface area contributed by atoms with Crippen molar-refractivity contribution in [3.63, 3.8) is 0 Å². The molecule has 1 amide bonds. The summed E-state index contributed by atoms with van der Waals surface area (Å²) in [6.45, 7) is 2.20. The zero-order valence-corrected chi connectivity index (χ0v) is 16.0. The van der Waals surface area contributed by atoms with Crippen LogP contribution in [0.25, 0.3) is 0 Å². The molecular weight excluding hydrogens is 370 g/mol. The fourth-order valence-electron chi connectivity index (χ4n) is 3.85. The van der Waals surface area contributed by atoms with Gasteiger partial charge in [0, 0.05) is 19.2 Å². The van der Waals surface area contributed by atoms with E-state index in [9.17, 15) is 14.7 Å². The maximum atomic E-state index is 13.0. The van der Waals surface area contributed by atoms with Crippen LogP contribution in [0, 0.1) is 0 Å². The normalized spacial score (nSPS) is 23.9. The van der Waals surface area contributed by atoms with E-state index in [2.05, 4.69) is 9.98 Å². The summed E-state index contributed by atoms with van der Waals surface area (Å²) < 4.78 is 5.13. The maximum absolute atomic E-state index is 13.0. The molecule has 1 spiro atoms. The van der Waals surface area contributed by atoms with Crippen molar-refractivity contribution >= 4 is 23.4 Å². The van der Waals surface area contributed by atoms with Crippen LogP contribution >= 0.6 is 0 Å². The number of aliphatic hydroxyl groups excluding tert-OH is 1. The lowest BCUT2D eigenvalue weighted by Gasteiger charge is -2.33. The molecule has 1 aromatic rings. The summed E-state index contributed by atoms with van der Waals surface area (Å²) in [6.07, 6.45) is 7.55. The second-order valence-corrected chi connectivity index (χ2v) is 6.89. The molecule has 0 saturated heterocycles. The van der Waals surface area contributed by atoms with Gasteiger partial charge < -0.3 is 14.7 Å². The number of rotatable bonds is 5. The summed E-state index contributed by atoms with van der Waals surface area (Å²) in [5.74, 6) is -0.869. The third-order valence-electron chi connectivity index (χ3n) is 5.15. The minimum atomic E-state index is -1.35. The standard InChI is InChI=1S/C22H21N3O4/c1-2-29-20(27)18-16(26)14-22(21(28)24-17-10-6-7-13-25(17)22)19(18)23-12-11-15-8-4-3-5-9-15/h3-10,13,26H,2,11-12,14H2,1H3. The van der Waals surface area contributed by atoms with Gasteiger partial charge >= 0.3 is 5.97 Å². The molecule has 1 N–H and O–H groups in total. The second-order valence-electron chi connectivity index (χ2n) is 6.89. The number of hydrogen-bond donors (Lipinski definition) is 1. The first-order valence-corrected chi connectivity index (χ1v) is 9.53. The lowest BCUT2D eigenvalue weighted by atomic mass is 9.90. The largest absolute Gasteiger partial charge is 0.511 e. The molecule has 29 heavy (non-hydrogen) atoms. The predicted octanol–water partition coefficient (Wildman–Crippen LogP) is 2.51. The minimum absolute atomic E-state index is 0.0346. The number of carbonyl (C=O) groups is 2. The van der Waals surface area contributed by atoms with Gasteiger partial charge in [-0.25, -0.2) is 4.79 Å². The lowest BCUT2D eigenvalue weighted by molar-refractivity contribution is -0.138. The Balaban J connectivity index is 1.73. The topological polar surface area (TPSA) is 91.6 Å². The Labute approximate surface area is 168 Å². The first-order valence-electron chi connectivity index (χ1n) is 9.53. The highest BCUT2D eigenvalue weighted by molar-refractivity contribution is 6.36. The van der Waals surface area contributed by atoms with E-state index < -0.39 is 17.4 Å². The number of allylic oxidation sites excluding steroid dienone is 2.